The Hall–Kier alpha value is -2.57. The second-order valence-corrected chi connectivity index (χ2v) is 9.46. The van der Waals surface area contributed by atoms with Crippen LogP contribution in [-0.2, 0) is 4.74 Å². The summed E-state index contributed by atoms with van der Waals surface area (Å²) in [7, 11) is 0. The largest absolute Gasteiger partial charge is 0.450 e. The number of nitrogens with zero attached hydrogens (tertiary/aromatic N) is 1. The number of aryl methyl sites for hydroxylation is 2. The maximum absolute atomic E-state index is 13.7. The summed E-state index contributed by atoms with van der Waals surface area (Å²) in [4.78, 5) is 30.0. The van der Waals surface area contributed by atoms with Crippen molar-refractivity contribution in [3.8, 4) is 0 Å². The maximum atomic E-state index is 13.7. The zero-order chi connectivity index (χ0) is 23.0. The molecule has 6 heteroatoms. The predicted molar refractivity (Wildman–Crippen MR) is 129 cm³/mol. The van der Waals surface area contributed by atoms with Crippen molar-refractivity contribution in [2.45, 2.75) is 51.2 Å². The van der Waals surface area contributed by atoms with E-state index in [-0.39, 0.29) is 23.2 Å². The molecule has 0 radical (unpaired) electrons. The zero-order valence-electron chi connectivity index (χ0n) is 19.2. The highest BCUT2D eigenvalue weighted by atomic mass is 32.2. The fourth-order valence-electron chi connectivity index (χ4n) is 4.43. The number of amides is 1. The van der Waals surface area contributed by atoms with Crippen molar-refractivity contribution in [3.63, 3.8) is 0 Å². The Morgan fingerprint density at radius 2 is 1.84 bits per heavy atom. The monoisotopic (exact) mass is 451 g/mol. The molecular weight excluding hydrogens is 422 g/mol. The number of carbonyl (C=O) groups is 1. The van der Waals surface area contributed by atoms with Gasteiger partial charge in [-0.1, -0.05) is 18.2 Å². The van der Waals surface area contributed by atoms with Crippen LogP contribution in [0.1, 0.15) is 59.1 Å². The van der Waals surface area contributed by atoms with Crippen molar-refractivity contribution in [3.05, 3.63) is 74.6 Å². The van der Waals surface area contributed by atoms with Crippen LogP contribution in [0.3, 0.4) is 0 Å². The molecule has 1 aromatic heterocycles. The van der Waals surface area contributed by atoms with Crippen LogP contribution in [0, 0.1) is 13.8 Å². The Bertz CT molecular complexity index is 1210. The SMILES string of the molecule is CSc1ccc([C@H]2c3c(oc4cc(C)cc(C)c4c3=O)C(=O)N2CCCOC(C)C)cc1. The summed E-state index contributed by atoms with van der Waals surface area (Å²) in [6, 6.07) is 11.4. The molecule has 0 saturated heterocycles. The lowest BCUT2D eigenvalue weighted by Crippen LogP contribution is -2.31. The van der Waals surface area contributed by atoms with E-state index in [1.54, 1.807) is 16.7 Å². The second kappa shape index (κ2) is 9.12. The van der Waals surface area contributed by atoms with Gasteiger partial charge < -0.3 is 14.1 Å². The number of carbonyl (C=O) groups excluding carboxylic acids is 1. The van der Waals surface area contributed by atoms with Gasteiger partial charge >= 0.3 is 0 Å². The Labute approximate surface area is 192 Å². The van der Waals surface area contributed by atoms with Crippen molar-refractivity contribution < 1.29 is 13.9 Å². The molecule has 0 saturated carbocycles. The van der Waals surface area contributed by atoms with Gasteiger partial charge in [0, 0.05) is 18.0 Å². The molecule has 1 atom stereocenters. The van der Waals surface area contributed by atoms with Gasteiger partial charge in [0.2, 0.25) is 5.76 Å². The normalized spacial score (nSPS) is 15.8. The quantitative estimate of drug-likeness (QED) is 0.351. The van der Waals surface area contributed by atoms with Crippen LogP contribution in [0.2, 0.25) is 0 Å². The van der Waals surface area contributed by atoms with E-state index < -0.39 is 6.04 Å². The van der Waals surface area contributed by atoms with Crippen LogP contribution in [0.4, 0.5) is 0 Å². The van der Waals surface area contributed by atoms with Gasteiger partial charge in [-0.25, -0.2) is 0 Å². The molecule has 4 rings (SSSR count). The standard InChI is InChI=1S/C26H29NO4S/c1-15(2)30-12-6-11-27-23(18-7-9-19(32-5)10-8-18)22-24(28)21-17(4)13-16(3)14-20(21)31-25(22)26(27)29/h7-10,13-15,23H,6,11-12H2,1-5H3/t23-/m0/s1. The highest BCUT2D eigenvalue weighted by molar-refractivity contribution is 7.98. The molecule has 0 unspecified atom stereocenters. The van der Waals surface area contributed by atoms with Crippen molar-refractivity contribution in [1.29, 1.82) is 0 Å². The Kier molecular flexibility index (Phi) is 6.45. The Morgan fingerprint density at radius 1 is 1.12 bits per heavy atom. The van der Waals surface area contributed by atoms with Crippen molar-refractivity contribution >= 4 is 28.6 Å². The summed E-state index contributed by atoms with van der Waals surface area (Å²) >= 11 is 1.66. The first-order valence-corrected chi connectivity index (χ1v) is 12.2. The first kappa shape index (κ1) is 22.6. The predicted octanol–water partition coefficient (Wildman–Crippen LogP) is 5.49. The third-order valence-electron chi connectivity index (χ3n) is 5.84. The lowest BCUT2D eigenvalue weighted by molar-refractivity contribution is 0.0593. The fraction of sp³-hybridized carbons (Fsp3) is 0.385. The topological polar surface area (TPSA) is 59.8 Å². The minimum atomic E-state index is -0.464. The van der Waals surface area contributed by atoms with Crippen LogP contribution in [0.25, 0.3) is 11.0 Å². The molecule has 32 heavy (non-hydrogen) atoms. The number of rotatable bonds is 7. The molecule has 0 aliphatic carbocycles. The lowest BCUT2D eigenvalue weighted by Gasteiger charge is -2.25. The van der Waals surface area contributed by atoms with E-state index in [1.807, 2.05) is 70.3 Å². The van der Waals surface area contributed by atoms with E-state index >= 15 is 0 Å². The molecular formula is C26H29NO4S. The van der Waals surface area contributed by atoms with Gasteiger partial charge in [-0.2, -0.15) is 0 Å². The number of thioether (sulfide) groups is 1. The number of benzene rings is 2. The van der Waals surface area contributed by atoms with E-state index in [9.17, 15) is 9.59 Å². The highest BCUT2D eigenvalue weighted by Gasteiger charge is 2.42. The molecule has 2 aromatic carbocycles. The van der Waals surface area contributed by atoms with Gasteiger partial charge in [-0.05, 0) is 75.3 Å². The third kappa shape index (κ3) is 4.09. The van der Waals surface area contributed by atoms with Crippen LogP contribution in [-0.4, -0.2) is 36.3 Å². The number of hydrogen-bond acceptors (Lipinski definition) is 5. The third-order valence-corrected chi connectivity index (χ3v) is 6.58. The fourth-order valence-corrected chi connectivity index (χ4v) is 4.84. The van der Waals surface area contributed by atoms with E-state index in [4.69, 9.17) is 9.15 Å². The smallest absolute Gasteiger partial charge is 0.290 e. The molecule has 3 aromatic rings. The van der Waals surface area contributed by atoms with Gasteiger partial charge in [-0.3, -0.25) is 9.59 Å². The molecule has 168 valence electrons. The van der Waals surface area contributed by atoms with Crippen molar-refractivity contribution in [2.75, 3.05) is 19.4 Å². The lowest BCUT2D eigenvalue weighted by atomic mass is 9.97. The molecule has 1 aliphatic rings. The van der Waals surface area contributed by atoms with Gasteiger partial charge in [-0.15, -0.1) is 11.8 Å². The van der Waals surface area contributed by atoms with E-state index in [0.717, 1.165) is 21.6 Å². The zero-order valence-corrected chi connectivity index (χ0v) is 20.0. The average molecular weight is 452 g/mol. The average Bonchev–Trinajstić information content (AvgIpc) is 3.02. The number of ether oxygens (including phenoxy) is 1. The molecule has 0 spiro atoms. The number of fused-ring (bicyclic) bond motifs is 2. The molecule has 5 nitrogen and oxygen atoms in total. The van der Waals surface area contributed by atoms with E-state index in [1.165, 1.54) is 0 Å². The molecule has 0 fully saturated rings. The van der Waals surface area contributed by atoms with Crippen LogP contribution < -0.4 is 5.43 Å². The Morgan fingerprint density at radius 3 is 2.50 bits per heavy atom. The summed E-state index contributed by atoms with van der Waals surface area (Å²) in [6.07, 6.45) is 2.84. The van der Waals surface area contributed by atoms with Crippen LogP contribution in [0.15, 0.2) is 50.5 Å². The van der Waals surface area contributed by atoms with Crippen molar-refractivity contribution in [2.24, 2.45) is 0 Å². The van der Waals surface area contributed by atoms with Gasteiger partial charge in [0.05, 0.1) is 23.1 Å². The summed E-state index contributed by atoms with van der Waals surface area (Å²) in [5, 5.41) is 0.554. The summed E-state index contributed by atoms with van der Waals surface area (Å²) in [5.74, 6) is -0.0714. The van der Waals surface area contributed by atoms with Crippen LogP contribution >= 0.6 is 11.8 Å². The summed E-state index contributed by atoms with van der Waals surface area (Å²) < 4.78 is 11.8. The van der Waals surface area contributed by atoms with Crippen LogP contribution in [0.5, 0.6) is 0 Å². The molecule has 1 amide bonds. The van der Waals surface area contributed by atoms with Gasteiger partial charge in [0.25, 0.3) is 5.91 Å². The van der Waals surface area contributed by atoms with E-state index in [2.05, 4.69) is 0 Å². The molecule has 1 aliphatic heterocycles. The number of hydrogen-bond donors (Lipinski definition) is 0. The minimum Gasteiger partial charge on any atom is -0.450 e. The molecule has 2 heterocycles. The second-order valence-electron chi connectivity index (χ2n) is 8.58. The first-order chi connectivity index (χ1) is 15.3. The first-order valence-electron chi connectivity index (χ1n) is 11.0. The van der Waals surface area contributed by atoms with E-state index in [0.29, 0.717) is 36.1 Å². The van der Waals surface area contributed by atoms with Gasteiger partial charge in [0.15, 0.2) is 5.43 Å². The van der Waals surface area contributed by atoms with Gasteiger partial charge in [0.1, 0.15) is 5.58 Å². The van der Waals surface area contributed by atoms with Crippen molar-refractivity contribution in [1.82, 2.24) is 4.90 Å². The Balaban J connectivity index is 1.84. The molecule has 0 bridgehead atoms. The maximum Gasteiger partial charge on any atom is 0.290 e. The molecule has 0 N–H and O–H groups in total. The summed E-state index contributed by atoms with van der Waals surface area (Å²) in [6.45, 7) is 8.89. The highest BCUT2D eigenvalue weighted by Crippen LogP contribution is 2.39. The minimum absolute atomic E-state index is 0.119. The summed E-state index contributed by atoms with van der Waals surface area (Å²) in [5.41, 5.74) is 3.57.